The van der Waals surface area contributed by atoms with Gasteiger partial charge in [-0.25, -0.2) is 8.42 Å². The van der Waals surface area contributed by atoms with Gasteiger partial charge in [0.25, 0.3) is 10.0 Å². The predicted molar refractivity (Wildman–Crippen MR) is 76.3 cm³/mol. The van der Waals surface area contributed by atoms with Crippen LogP contribution in [0.2, 0.25) is 0 Å². The summed E-state index contributed by atoms with van der Waals surface area (Å²) in [6, 6.07) is 6.91. The molecule has 7 heteroatoms. The number of ether oxygens (including phenoxy) is 1. The third kappa shape index (κ3) is 3.11. The predicted octanol–water partition coefficient (Wildman–Crippen LogP) is 2.31. The molecule has 0 amide bonds. The van der Waals surface area contributed by atoms with E-state index in [0.29, 0.717) is 17.1 Å². The third-order valence-electron chi connectivity index (χ3n) is 2.57. The van der Waals surface area contributed by atoms with Crippen LogP contribution in [-0.4, -0.2) is 24.7 Å². The summed E-state index contributed by atoms with van der Waals surface area (Å²) in [6.45, 7) is 5.41. The number of aryl methyl sites for hydroxylation is 1. The molecular formula is C13H17N3O3S. The van der Waals surface area contributed by atoms with Crippen LogP contribution in [0.25, 0.3) is 0 Å². The van der Waals surface area contributed by atoms with Crippen LogP contribution < -0.4 is 9.46 Å². The number of aromatic amines is 1. The fourth-order valence-corrected chi connectivity index (χ4v) is 2.93. The fourth-order valence-electron chi connectivity index (χ4n) is 1.72. The largest absolute Gasteiger partial charge is 0.489 e. The van der Waals surface area contributed by atoms with Crippen LogP contribution in [0.1, 0.15) is 19.5 Å². The SMILES string of the molecule is Cc1[nH]ncc1S(=O)(=O)Nc1ccccc1OC(C)C. The first kappa shape index (κ1) is 14.4. The van der Waals surface area contributed by atoms with Crippen molar-refractivity contribution >= 4 is 15.7 Å². The van der Waals surface area contributed by atoms with E-state index in [1.54, 1.807) is 31.2 Å². The summed E-state index contributed by atoms with van der Waals surface area (Å²) >= 11 is 0. The van der Waals surface area contributed by atoms with Crippen molar-refractivity contribution < 1.29 is 13.2 Å². The van der Waals surface area contributed by atoms with E-state index >= 15 is 0 Å². The van der Waals surface area contributed by atoms with Crippen LogP contribution in [0, 0.1) is 6.92 Å². The minimum Gasteiger partial charge on any atom is -0.489 e. The molecule has 0 atom stereocenters. The molecule has 2 N–H and O–H groups in total. The molecular weight excluding hydrogens is 278 g/mol. The second kappa shape index (κ2) is 5.54. The topological polar surface area (TPSA) is 84.1 Å². The highest BCUT2D eigenvalue weighted by molar-refractivity contribution is 7.92. The summed E-state index contributed by atoms with van der Waals surface area (Å²) in [5, 5.41) is 6.33. The molecule has 0 spiro atoms. The van der Waals surface area contributed by atoms with E-state index in [1.807, 2.05) is 13.8 Å². The molecule has 0 fully saturated rings. The lowest BCUT2D eigenvalue weighted by Gasteiger charge is -2.15. The second-order valence-electron chi connectivity index (χ2n) is 4.63. The molecule has 0 aliphatic carbocycles. The molecule has 1 aromatic carbocycles. The molecule has 108 valence electrons. The zero-order valence-electron chi connectivity index (χ0n) is 11.5. The number of sulfonamides is 1. The van der Waals surface area contributed by atoms with E-state index in [2.05, 4.69) is 14.9 Å². The first-order valence-electron chi connectivity index (χ1n) is 6.18. The summed E-state index contributed by atoms with van der Waals surface area (Å²) in [6.07, 6.45) is 1.24. The lowest BCUT2D eigenvalue weighted by atomic mass is 10.3. The van der Waals surface area contributed by atoms with Gasteiger partial charge in [0.2, 0.25) is 0 Å². The van der Waals surface area contributed by atoms with Crippen molar-refractivity contribution in [2.24, 2.45) is 0 Å². The number of hydrogen-bond donors (Lipinski definition) is 2. The van der Waals surface area contributed by atoms with Gasteiger partial charge in [0, 0.05) is 0 Å². The molecule has 20 heavy (non-hydrogen) atoms. The van der Waals surface area contributed by atoms with Crippen LogP contribution >= 0.6 is 0 Å². The highest BCUT2D eigenvalue weighted by atomic mass is 32.2. The molecule has 0 bridgehead atoms. The number of nitrogens with one attached hydrogen (secondary N) is 2. The minimum absolute atomic E-state index is 0.0451. The molecule has 2 rings (SSSR count). The summed E-state index contributed by atoms with van der Waals surface area (Å²) in [5.41, 5.74) is 0.890. The average molecular weight is 295 g/mol. The maximum Gasteiger partial charge on any atom is 0.265 e. The number of nitrogens with zero attached hydrogens (tertiary/aromatic N) is 1. The van der Waals surface area contributed by atoms with Gasteiger partial charge in [0.1, 0.15) is 10.6 Å². The van der Waals surface area contributed by atoms with Crippen molar-refractivity contribution in [3.63, 3.8) is 0 Å². The molecule has 2 aromatic rings. The molecule has 0 aliphatic rings. The average Bonchev–Trinajstić information content (AvgIpc) is 2.78. The van der Waals surface area contributed by atoms with Crippen molar-refractivity contribution in [1.29, 1.82) is 0 Å². The van der Waals surface area contributed by atoms with Crippen LogP contribution in [0.15, 0.2) is 35.4 Å². The Morgan fingerprint density at radius 3 is 2.60 bits per heavy atom. The number of hydrogen-bond acceptors (Lipinski definition) is 4. The molecule has 1 aromatic heterocycles. The lowest BCUT2D eigenvalue weighted by molar-refractivity contribution is 0.244. The highest BCUT2D eigenvalue weighted by Gasteiger charge is 2.20. The van der Waals surface area contributed by atoms with Crippen molar-refractivity contribution in [1.82, 2.24) is 10.2 Å². The van der Waals surface area contributed by atoms with Crippen molar-refractivity contribution in [2.45, 2.75) is 31.8 Å². The van der Waals surface area contributed by atoms with Crippen molar-refractivity contribution in [3.05, 3.63) is 36.2 Å². The van der Waals surface area contributed by atoms with Gasteiger partial charge in [-0.05, 0) is 32.9 Å². The van der Waals surface area contributed by atoms with Gasteiger partial charge < -0.3 is 4.74 Å². The number of H-pyrrole nitrogens is 1. The van der Waals surface area contributed by atoms with Crippen LogP contribution in [0.5, 0.6) is 5.75 Å². The molecule has 0 saturated carbocycles. The number of rotatable bonds is 5. The van der Waals surface area contributed by atoms with E-state index in [9.17, 15) is 8.42 Å². The standard InChI is InChI=1S/C13H17N3O3S/c1-9(2)19-12-7-5-4-6-11(12)16-20(17,18)13-8-14-15-10(13)3/h4-9,16H,1-3H3,(H,14,15). The highest BCUT2D eigenvalue weighted by Crippen LogP contribution is 2.27. The Labute approximate surface area is 118 Å². The van der Waals surface area contributed by atoms with Crippen LogP contribution in [0.4, 0.5) is 5.69 Å². The number of aromatic nitrogens is 2. The number of benzene rings is 1. The van der Waals surface area contributed by atoms with E-state index in [0.717, 1.165) is 0 Å². The van der Waals surface area contributed by atoms with Crippen molar-refractivity contribution in [3.8, 4) is 5.75 Å². The molecule has 0 unspecified atom stereocenters. The van der Waals surface area contributed by atoms with E-state index in [1.165, 1.54) is 6.20 Å². The van der Waals surface area contributed by atoms with Gasteiger partial charge in [0.05, 0.1) is 23.7 Å². The molecule has 0 radical (unpaired) electrons. The van der Waals surface area contributed by atoms with Gasteiger partial charge in [0.15, 0.2) is 0 Å². The maximum atomic E-state index is 12.3. The first-order chi connectivity index (χ1) is 9.40. The Morgan fingerprint density at radius 2 is 2.00 bits per heavy atom. The van der Waals surface area contributed by atoms with Crippen LogP contribution in [-0.2, 0) is 10.0 Å². The molecule has 6 nitrogen and oxygen atoms in total. The summed E-state index contributed by atoms with van der Waals surface area (Å²) in [4.78, 5) is 0.122. The van der Waals surface area contributed by atoms with Crippen LogP contribution in [0.3, 0.4) is 0 Å². The molecule has 0 saturated heterocycles. The van der Waals surface area contributed by atoms with E-state index < -0.39 is 10.0 Å². The Morgan fingerprint density at radius 1 is 1.30 bits per heavy atom. The van der Waals surface area contributed by atoms with Gasteiger partial charge >= 0.3 is 0 Å². The normalized spacial score (nSPS) is 11.6. The first-order valence-corrected chi connectivity index (χ1v) is 7.67. The van der Waals surface area contributed by atoms with E-state index in [-0.39, 0.29) is 11.0 Å². The van der Waals surface area contributed by atoms with Gasteiger partial charge in [-0.1, -0.05) is 12.1 Å². The second-order valence-corrected chi connectivity index (χ2v) is 6.28. The molecule has 0 aliphatic heterocycles. The van der Waals surface area contributed by atoms with Crippen molar-refractivity contribution in [2.75, 3.05) is 4.72 Å². The number of anilines is 1. The Hall–Kier alpha value is -2.02. The van der Waals surface area contributed by atoms with Gasteiger partial charge in [-0.2, -0.15) is 5.10 Å². The zero-order chi connectivity index (χ0) is 14.8. The minimum atomic E-state index is -3.68. The summed E-state index contributed by atoms with van der Waals surface area (Å²) in [5.74, 6) is 0.493. The zero-order valence-corrected chi connectivity index (χ0v) is 12.4. The molecule has 1 heterocycles. The smallest absolute Gasteiger partial charge is 0.265 e. The number of para-hydroxylation sites is 2. The van der Waals surface area contributed by atoms with E-state index in [4.69, 9.17) is 4.74 Å². The fraction of sp³-hybridized carbons (Fsp3) is 0.308. The quantitative estimate of drug-likeness (QED) is 0.886. The Balaban J connectivity index is 2.33. The van der Waals surface area contributed by atoms with Gasteiger partial charge in [-0.3, -0.25) is 9.82 Å². The summed E-state index contributed by atoms with van der Waals surface area (Å²) in [7, 11) is -3.68. The van der Waals surface area contributed by atoms with Gasteiger partial charge in [-0.15, -0.1) is 0 Å². The third-order valence-corrected chi connectivity index (χ3v) is 4.05. The Kier molecular flexibility index (Phi) is 3.99. The Bertz CT molecular complexity index is 692. The monoisotopic (exact) mass is 295 g/mol. The maximum absolute atomic E-state index is 12.3. The summed E-state index contributed by atoms with van der Waals surface area (Å²) < 4.78 is 32.7. The lowest BCUT2D eigenvalue weighted by Crippen LogP contribution is -2.15.